The Kier molecular flexibility index (Phi) is 4.40. The van der Waals surface area contributed by atoms with Crippen molar-refractivity contribution in [1.29, 1.82) is 5.41 Å². The van der Waals surface area contributed by atoms with E-state index in [0.717, 1.165) is 14.7 Å². The molecule has 0 bridgehead atoms. The number of sulfonamides is 1. The molecule has 12 heteroatoms. The van der Waals surface area contributed by atoms with Crippen molar-refractivity contribution in [2.24, 2.45) is 0 Å². The third-order valence-electron chi connectivity index (χ3n) is 4.42. The van der Waals surface area contributed by atoms with Crippen molar-refractivity contribution in [2.75, 3.05) is 12.8 Å². The smallest absolute Gasteiger partial charge is 0.249 e. The number of hydrogen-bond acceptors (Lipinski definition) is 8. The van der Waals surface area contributed by atoms with E-state index in [1.54, 1.807) is 25.4 Å². The van der Waals surface area contributed by atoms with Gasteiger partial charge in [-0.25, -0.2) is 12.7 Å². The zero-order valence-electron chi connectivity index (χ0n) is 14.8. The summed E-state index contributed by atoms with van der Waals surface area (Å²) in [4.78, 5) is 5.65. The molecule has 0 aliphatic carbocycles. The molecule has 28 heavy (non-hydrogen) atoms. The molecule has 2 N–H and O–H groups in total. The first-order chi connectivity index (χ1) is 13.2. The lowest BCUT2D eigenvalue weighted by Gasteiger charge is -2.39. The fourth-order valence-electron chi connectivity index (χ4n) is 2.98. The van der Waals surface area contributed by atoms with E-state index < -0.39 is 15.6 Å². The van der Waals surface area contributed by atoms with E-state index in [0.29, 0.717) is 21.4 Å². The molecule has 0 amide bonds. The summed E-state index contributed by atoms with van der Waals surface area (Å²) in [6.07, 6.45) is 4.53. The summed E-state index contributed by atoms with van der Waals surface area (Å²) in [5.41, 5.74) is 0.428. The molecule has 4 rings (SSSR count). The van der Waals surface area contributed by atoms with Crippen LogP contribution in [0.2, 0.25) is 5.02 Å². The molecule has 9 nitrogen and oxygen atoms in total. The van der Waals surface area contributed by atoms with Crippen LogP contribution in [0.5, 0.6) is 0 Å². The fourth-order valence-corrected chi connectivity index (χ4v) is 6.16. The quantitative estimate of drug-likeness (QED) is 0.643. The minimum atomic E-state index is -3.62. The molecule has 1 fully saturated rings. The van der Waals surface area contributed by atoms with Crippen LogP contribution in [0.15, 0.2) is 35.3 Å². The Morgan fingerprint density at radius 2 is 2.11 bits per heavy atom. The Morgan fingerprint density at radius 3 is 2.79 bits per heavy atom. The maximum atomic E-state index is 12.4. The highest BCUT2D eigenvalue weighted by Gasteiger charge is 2.44. The Hall–Kier alpha value is -2.50. The summed E-state index contributed by atoms with van der Waals surface area (Å²) in [7, 11) is -2.27. The zero-order valence-corrected chi connectivity index (χ0v) is 17.2. The van der Waals surface area contributed by atoms with Crippen molar-refractivity contribution < 1.29 is 12.8 Å². The number of thiophene rings is 1. The van der Waals surface area contributed by atoms with E-state index in [9.17, 15) is 8.42 Å². The van der Waals surface area contributed by atoms with Gasteiger partial charge in [0, 0.05) is 29.9 Å². The minimum absolute atomic E-state index is 0.195. The van der Waals surface area contributed by atoms with Crippen LogP contribution in [0.25, 0.3) is 21.9 Å². The Morgan fingerprint density at radius 1 is 1.36 bits per heavy atom. The van der Waals surface area contributed by atoms with Gasteiger partial charge in [-0.2, -0.15) is 0 Å². The van der Waals surface area contributed by atoms with Gasteiger partial charge in [-0.1, -0.05) is 11.6 Å². The monoisotopic (exact) mass is 438 g/mol. The summed E-state index contributed by atoms with van der Waals surface area (Å²) in [5.74, 6) is -0.0562. The Bertz CT molecular complexity index is 1160. The number of rotatable bonds is 3. The topological polar surface area (TPSA) is 125 Å². The van der Waals surface area contributed by atoms with Crippen LogP contribution in [-0.2, 0) is 15.6 Å². The lowest BCUT2D eigenvalue weighted by molar-refractivity contribution is 0.424. The second kappa shape index (κ2) is 6.54. The van der Waals surface area contributed by atoms with Gasteiger partial charge in [0.15, 0.2) is 0 Å². The fraction of sp³-hybridized carbons (Fsp3) is 0.250. The number of pyridine rings is 1. The van der Waals surface area contributed by atoms with Crippen LogP contribution < -0.4 is 5.32 Å². The van der Waals surface area contributed by atoms with Crippen molar-refractivity contribution in [3.05, 3.63) is 40.8 Å². The predicted molar refractivity (Wildman–Crippen MR) is 106 cm³/mol. The minimum Gasteiger partial charge on any atom is -0.423 e. The van der Waals surface area contributed by atoms with E-state index in [2.05, 4.69) is 20.5 Å². The molecule has 0 spiro atoms. The van der Waals surface area contributed by atoms with Gasteiger partial charge in [-0.15, -0.1) is 21.5 Å². The number of halogens is 1. The van der Waals surface area contributed by atoms with Gasteiger partial charge < -0.3 is 9.73 Å². The molecule has 1 aliphatic heterocycles. The van der Waals surface area contributed by atoms with E-state index in [1.807, 2.05) is 6.07 Å². The van der Waals surface area contributed by atoms with E-state index in [4.69, 9.17) is 21.4 Å². The number of nitrogens with zero attached hydrogens (tertiary/aromatic N) is 4. The average molecular weight is 439 g/mol. The molecule has 0 saturated carbocycles. The molecule has 3 aromatic rings. The highest BCUT2D eigenvalue weighted by molar-refractivity contribution is 7.89. The molecule has 1 aliphatic rings. The van der Waals surface area contributed by atoms with Crippen molar-refractivity contribution >= 4 is 38.9 Å². The third-order valence-corrected chi connectivity index (χ3v) is 8.23. The maximum absolute atomic E-state index is 12.4. The van der Waals surface area contributed by atoms with Gasteiger partial charge in [-0.3, -0.25) is 10.4 Å². The summed E-state index contributed by atoms with van der Waals surface area (Å²) in [6, 6.07) is 3.60. The van der Waals surface area contributed by atoms with Crippen molar-refractivity contribution in [3.8, 4) is 21.9 Å². The van der Waals surface area contributed by atoms with E-state index in [1.165, 1.54) is 24.8 Å². The number of hydrogen-bond donors (Lipinski definition) is 2. The summed E-state index contributed by atoms with van der Waals surface area (Å²) >= 11 is 7.81. The molecule has 4 heterocycles. The molecule has 3 aromatic heterocycles. The van der Waals surface area contributed by atoms with E-state index in [-0.39, 0.29) is 11.7 Å². The standard InChI is InChI=1S/C16H15ClN6O3S2/c1-16(7-28(24,25)23(2)15(18)21-16)13-11(17)4-12(27-13)9-3-10(6-19-5-9)14-22-20-8-26-14/h3-6,8H,7H2,1-2H3,(H2,18,21)/t16-/m0/s1. The summed E-state index contributed by atoms with van der Waals surface area (Å²) in [6.45, 7) is 1.72. The highest BCUT2D eigenvalue weighted by Crippen LogP contribution is 2.42. The van der Waals surface area contributed by atoms with Crippen molar-refractivity contribution in [2.45, 2.75) is 12.5 Å². The van der Waals surface area contributed by atoms with Gasteiger partial charge in [0.25, 0.3) is 0 Å². The highest BCUT2D eigenvalue weighted by atomic mass is 35.5. The molecular weight excluding hydrogens is 424 g/mol. The molecule has 1 saturated heterocycles. The normalized spacial score (nSPS) is 21.5. The zero-order chi connectivity index (χ0) is 20.1. The van der Waals surface area contributed by atoms with Crippen LogP contribution in [-0.4, -0.2) is 46.7 Å². The second-order valence-corrected chi connectivity index (χ2v) is 9.98. The number of nitrogens with one attached hydrogen (secondary N) is 2. The molecule has 0 aromatic carbocycles. The van der Waals surface area contributed by atoms with Crippen LogP contribution in [0.3, 0.4) is 0 Å². The molecule has 0 radical (unpaired) electrons. The third kappa shape index (κ3) is 3.15. The first-order valence-electron chi connectivity index (χ1n) is 8.05. The Labute approximate surface area is 169 Å². The SMILES string of the molecule is CN1C(=N)N[C@](C)(c2sc(-c3cncc(-c4nnco4)c3)cc2Cl)CS1(=O)=O. The predicted octanol–water partition coefficient (Wildman–Crippen LogP) is 2.53. The van der Waals surface area contributed by atoms with Gasteiger partial charge in [0.2, 0.25) is 28.3 Å². The second-order valence-electron chi connectivity index (χ2n) is 6.52. The van der Waals surface area contributed by atoms with Gasteiger partial charge in [0.05, 0.1) is 26.8 Å². The van der Waals surface area contributed by atoms with E-state index >= 15 is 0 Å². The molecule has 1 atom stereocenters. The van der Waals surface area contributed by atoms with Crippen LogP contribution in [0.4, 0.5) is 0 Å². The van der Waals surface area contributed by atoms with Crippen molar-refractivity contribution in [3.63, 3.8) is 0 Å². The first-order valence-corrected chi connectivity index (χ1v) is 10.8. The first kappa shape index (κ1) is 18.8. The lowest BCUT2D eigenvalue weighted by atomic mass is 10.0. The van der Waals surface area contributed by atoms with Crippen molar-refractivity contribution in [1.82, 2.24) is 24.8 Å². The largest absolute Gasteiger partial charge is 0.423 e. The van der Waals surface area contributed by atoms with Gasteiger partial charge >= 0.3 is 0 Å². The average Bonchev–Trinajstić information content (AvgIpc) is 3.29. The maximum Gasteiger partial charge on any atom is 0.249 e. The molecular formula is C16H15ClN6O3S2. The summed E-state index contributed by atoms with van der Waals surface area (Å²) in [5, 5.41) is 18.9. The number of guanidine groups is 1. The lowest BCUT2D eigenvalue weighted by Crippen LogP contribution is -2.60. The van der Waals surface area contributed by atoms with Gasteiger partial charge in [-0.05, 0) is 19.1 Å². The molecule has 0 unspecified atom stereocenters. The van der Waals surface area contributed by atoms with Crippen LogP contribution >= 0.6 is 22.9 Å². The number of aromatic nitrogens is 3. The molecule has 146 valence electrons. The summed E-state index contributed by atoms with van der Waals surface area (Å²) < 4.78 is 31.0. The van der Waals surface area contributed by atoms with Crippen LogP contribution in [0, 0.1) is 5.41 Å². The van der Waals surface area contributed by atoms with Gasteiger partial charge in [0.1, 0.15) is 0 Å². The van der Waals surface area contributed by atoms with Crippen LogP contribution in [0.1, 0.15) is 11.8 Å². The Balaban J connectivity index is 1.74.